The molecule has 0 radical (unpaired) electrons. The van der Waals surface area contributed by atoms with Gasteiger partial charge in [-0.15, -0.1) is 0 Å². The smallest absolute Gasteiger partial charge is 0.252 e. The van der Waals surface area contributed by atoms with Crippen LogP contribution in [0.4, 0.5) is 45.5 Å². The first-order chi connectivity index (χ1) is 37.2. The van der Waals surface area contributed by atoms with Crippen LogP contribution in [0.1, 0.15) is 121 Å². The van der Waals surface area contributed by atoms with Crippen LogP contribution in [0.2, 0.25) is 0 Å². The van der Waals surface area contributed by atoms with Crippen molar-refractivity contribution < 1.29 is 0 Å². The summed E-state index contributed by atoms with van der Waals surface area (Å²) in [7, 11) is 0. The Kier molecular flexibility index (Phi) is 10.7. The van der Waals surface area contributed by atoms with Gasteiger partial charge in [-0.05, 0) is 183 Å². The van der Waals surface area contributed by atoms with Crippen molar-refractivity contribution in [1.82, 2.24) is 4.98 Å². The van der Waals surface area contributed by atoms with Crippen molar-refractivity contribution >= 4 is 68.6 Å². The van der Waals surface area contributed by atoms with Crippen LogP contribution >= 0.6 is 0 Å². The molecule has 77 heavy (non-hydrogen) atoms. The topological polar surface area (TPSA) is 22.6 Å². The van der Waals surface area contributed by atoms with E-state index in [1.807, 2.05) is 12.3 Å². The molecule has 8 aromatic carbocycles. The number of aromatic nitrogens is 1. The monoisotopic (exact) mass is 1000 g/mol. The fraction of sp³-hybridized carbons (Fsp3) is 0.264. The summed E-state index contributed by atoms with van der Waals surface area (Å²) in [5.41, 5.74) is 26.3. The largest absolute Gasteiger partial charge is 0.330 e. The molecule has 4 heterocycles. The third-order valence-corrected chi connectivity index (χ3v) is 19.4. The molecule has 1 aromatic heterocycles. The summed E-state index contributed by atoms with van der Waals surface area (Å²) in [6.07, 6.45) is 6.33. The van der Waals surface area contributed by atoms with E-state index in [4.69, 9.17) is 4.98 Å². The van der Waals surface area contributed by atoms with E-state index in [0.717, 1.165) is 29.8 Å². The Labute approximate surface area is 457 Å². The Hall–Kier alpha value is -7.63. The normalized spacial score (nSPS) is 20.4. The van der Waals surface area contributed by atoms with E-state index < -0.39 is 5.54 Å². The van der Waals surface area contributed by atoms with E-state index in [1.54, 1.807) is 0 Å². The Balaban J connectivity index is 1.14. The third kappa shape index (κ3) is 7.00. The van der Waals surface area contributed by atoms with Gasteiger partial charge in [0.1, 0.15) is 0 Å². The van der Waals surface area contributed by atoms with Gasteiger partial charge in [0.2, 0.25) is 0 Å². The Morgan fingerprint density at radius 3 is 2.00 bits per heavy atom. The highest BCUT2D eigenvalue weighted by Crippen LogP contribution is 2.65. The number of para-hydroxylation sites is 2. The summed E-state index contributed by atoms with van der Waals surface area (Å²) in [6.45, 7) is 22.0. The van der Waals surface area contributed by atoms with Gasteiger partial charge in [0, 0.05) is 62.6 Å². The zero-order valence-electron chi connectivity index (χ0n) is 46.3. The molecule has 0 spiro atoms. The Morgan fingerprint density at radius 1 is 0.545 bits per heavy atom. The van der Waals surface area contributed by atoms with Gasteiger partial charge in [-0.25, -0.2) is 0 Å². The quantitative estimate of drug-likeness (QED) is 0.155. The fourth-order valence-electron chi connectivity index (χ4n) is 15.1. The van der Waals surface area contributed by atoms with Gasteiger partial charge in [-0.2, -0.15) is 0 Å². The Bertz CT molecular complexity index is 3820. The SMILES string of the molecule is CC(C)C1CCC(C)(C)c2cc3c(cc21)N(c1ccc(C(C)(C)C)cc1-c1ccccc1)c1cc(N2c4ccc(-c5ccccn5)cc4C4(C)CCc5ccccc5C24C)cc2c1B3c1ccccc1N2c1ccccc1. The summed E-state index contributed by atoms with van der Waals surface area (Å²) < 4.78 is 0. The van der Waals surface area contributed by atoms with Crippen molar-refractivity contribution in [1.29, 1.82) is 0 Å². The van der Waals surface area contributed by atoms with Crippen molar-refractivity contribution in [3.63, 3.8) is 0 Å². The minimum atomic E-state index is -0.451. The maximum Gasteiger partial charge on any atom is 0.252 e. The van der Waals surface area contributed by atoms with Gasteiger partial charge in [-0.3, -0.25) is 4.98 Å². The van der Waals surface area contributed by atoms with Crippen LogP contribution in [-0.4, -0.2) is 11.7 Å². The second-order valence-corrected chi connectivity index (χ2v) is 25.4. The molecule has 0 saturated heterocycles. The molecule has 380 valence electrons. The Morgan fingerprint density at radius 2 is 1.25 bits per heavy atom. The number of pyridine rings is 1. The number of aryl methyl sites for hydroxylation is 1. The first kappa shape index (κ1) is 47.8. The summed E-state index contributed by atoms with van der Waals surface area (Å²) in [5, 5.41) is 0. The first-order valence-corrected chi connectivity index (χ1v) is 28.4. The third-order valence-electron chi connectivity index (χ3n) is 19.4. The maximum absolute atomic E-state index is 4.90. The predicted octanol–water partition coefficient (Wildman–Crippen LogP) is 16.9. The average molecular weight is 1000 g/mol. The molecule has 4 nitrogen and oxygen atoms in total. The molecule has 0 saturated carbocycles. The zero-order valence-corrected chi connectivity index (χ0v) is 46.3. The van der Waals surface area contributed by atoms with E-state index in [9.17, 15) is 0 Å². The first-order valence-electron chi connectivity index (χ1n) is 28.4. The number of anilines is 8. The lowest BCUT2D eigenvalue weighted by Gasteiger charge is -2.52. The van der Waals surface area contributed by atoms with Crippen LogP contribution in [0, 0.1) is 5.92 Å². The predicted molar refractivity (Wildman–Crippen MR) is 326 cm³/mol. The molecule has 5 aliphatic rings. The van der Waals surface area contributed by atoms with Crippen LogP contribution in [0.5, 0.6) is 0 Å². The van der Waals surface area contributed by atoms with Crippen LogP contribution in [0.25, 0.3) is 22.4 Å². The molecule has 5 heteroatoms. The van der Waals surface area contributed by atoms with Crippen molar-refractivity contribution in [2.75, 3.05) is 14.7 Å². The molecule has 14 rings (SSSR count). The lowest BCUT2D eigenvalue weighted by molar-refractivity contribution is 0.245. The summed E-state index contributed by atoms with van der Waals surface area (Å²) in [6, 6.07) is 72.4. The van der Waals surface area contributed by atoms with Crippen LogP contribution in [-0.2, 0) is 28.2 Å². The number of hydrogen-bond donors (Lipinski definition) is 0. The summed E-state index contributed by atoms with van der Waals surface area (Å²) in [5.74, 6) is 0.965. The van der Waals surface area contributed by atoms with E-state index in [-0.39, 0.29) is 23.0 Å². The van der Waals surface area contributed by atoms with Gasteiger partial charge < -0.3 is 14.7 Å². The minimum absolute atomic E-state index is 0.0194. The van der Waals surface area contributed by atoms with Gasteiger partial charge >= 0.3 is 0 Å². The van der Waals surface area contributed by atoms with Crippen molar-refractivity contribution in [2.24, 2.45) is 5.92 Å². The fourth-order valence-corrected chi connectivity index (χ4v) is 15.1. The number of benzene rings is 8. The van der Waals surface area contributed by atoms with Crippen molar-refractivity contribution in [3.8, 4) is 22.4 Å². The molecule has 0 amide bonds. The molecule has 3 aliphatic heterocycles. The molecule has 0 bridgehead atoms. The van der Waals surface area contributed by atoms with E-state index in [2.05, 4.69) is 259 Å². The summed E-state index contributed by atoms with van der Waals surface area (Å²) in [4.78, 5) is 13.0. The lowest BCUT2D eigenvalue weighted by Crippen LogP contribution is -2.62. The van der Waals surface area contributed by atoms with Crippen LogP contribution < -0.4 is 31.1 Å². The number of hydrogen-bond acceptors (Lipinski definition) is 4. The molecule has 9 aromatic rings. The molecular formula is C72H69BN4. The highest BCUT2D eigenvalue weighted by Gasteiger charge is 2.60. The zero-order chi connectivity index (χ0) is 52.8. The molecule has 3 atom stereocenters. The van der Waals surface area contributed by atoms with Crippen LogP contribution in [0.3, 0.4) is 0 Å². The van der Waals surface area contributed by atoms with Gasteiger partial charge in [0.15, 0.2) is 0 Å². The molecule has 3 unspecified atom stereocenters. The van der Waals surface area contributed by atoms with Gasteiger partial charge in [0.05, 0.1) is 16.9 Å². The standard InChI is InChI=1S/C72H69BN4/c1-46(2)53-36-37-70(6,7)57-45-60-65(44-55(53)57)76(62-34-32-50(69(3,4)5)41-54(62)47-22-12-10-13-23-47)67-43-52(42-66-68(67)73(60)59-28-18-19-30-64(59)75(66)51-25-14-11-15-26-51)77-63-33-31-49(61-29-20-21-39-74-61)40-58(63)71(8)38-35-48-24-16-17-27-56(48)72(71,77)9/h10-34,39-46,53H,35-38H2,1-9H3. The van der Waals surface area contributed by atoms with E-state index in [0.29, 0.717) is 11.8 Å². The maximum atomic E-state index is 4.90. The highest BCUT2D eigenvalue weighted by molar-refractivity contribution is 7.00. The number of rotatable bonds is 6. The van der Waals surface area contributed by atoms with E-state index >= 15 is 0 Å². The van der Waals surface area contributed by atoms with Crippen molar-refractivity contribution in [3.05, 3.63) is 228 Å². The van der Waals surface area contributed by atoms with Gasteiger partial charge in [0.25, 0.3) is 6.71 Å². The van der Waals surface area contributed by atoms with E-state index in [1.165, 1.54) is 114 Å². The second kappa shape index (κ2) is 17.2. The summed E-state index contributed by atoms with van der Waals surface area (Å²) >= 11 is 0. The van der Waals surface area contributed by atoms with Crippen LogP contribution in [0.15, 0.2) is 194 Å². The number of nitrogens with zero attached hydrogens (tertiary/aromatic N) is 4. The minimum Gasteiger partial charge on any atom is -0.330 e. The number of fused-ring (bicyclic) bond motifs is 10. The van der Waals surface area contributed by atoms with Gasteiger partial charge in [-0.1, -0.05) is 171 Å². The molecule has 0 N–H and O–H groups in total. The molecule has 2 aliphatic carbocycles. The highest BCUT2D eigenvalue weighted by atomic mass is 15.3. The van der Waals surface area contributed by atoms with Crippen molar-refractivity contribution in [2.45, 2.75) is 116 Å². The molecular weight excluding hydrogens is 932 g/mol. The lowest BCUT2D eigenvalue weighted by atomic mass is 9.33. The molecule has 0 fully saturated rings. The average Bonchev–Trinajstić information content (AvgIpc) is 3.80. The second-order valence-electron chi connectivity index (χ2n) is 25.4.